The zero-order valence-electron chi connectivity index (χ0n) is 22.1. The number of nitrogens with zero attached hydrogens (tertiary/aromatic N) is 3. The maximum absolute atomic E-state index is 13.2. The fourth-order valence-corrected chi connectivity index (χ4v) is 4.08. The second kappa shape index (κ2) is 15.7. The van der Waals surface area contributed by atoms with Crippen LogP contribution in [0.5, 0.6) is 5.75 Å². The molecular formula is C27H33N4O7P. The fraction of sp³-hybridized carbons (Fsp3) is 0.444. The molecule has 0 aliphatic carbocycles. The van der Waals surface area contributed by atoms with Crippen LogP contribution in [-0.4, -0.2) is 91.8 Å². The number of benzene rings is 1. The molecule has 3 amide bonds. The van der Waals surface area contributed by atoms with Crippen molar-refractivity contribution in [3.05, 3.63) is 48.2 Å². The molecule has 1 N–H and O–H groups in total. The van der Waals surface area contributed by atoms with E-state index in [4.69, 9.17) is 14.2 Å². The van der Waals surface area contributed by atoms with Gasteiger partial charge in [-0.1, -0.05) is 6.92 Å². The quantitative estimate of drug-likeness (QED) is 0.330. The van der Waals surface area contributed by atoms with Crippen LogP contribution in [0.3, 0.4) is 0 Å². The third-order valence-electron chi connectivity index (χ3n) is 5.93. The normalized spacial score (nSPS) is 13.7. The number of pyridine rings is 1. The number of hydrogen-bond donors (Lipinski definition) is 1. The van der Waals surface area contributed by atoms with E-state index in [1.807, 2.05) is 37.3 Å². The summed E-state index contributed by atoms with van der Waals surface area (Å²) in [5, 5.41) is 2.58. The Labute approximate surface area is 228 Å². The molecule has 0 bridgehead atoms. The minimum absolute atomic E-state index is 0.0191. The van der Waals surface area contributed by atoms with Gasteiger partial charge in [-0.3, -0.25) is 0 Å². The Morgan fingerprint density at radius 1 is 1.05 bits per heavy atom. The molecule has 39 heavy (non-hydrogen) atoms. The maximum atomic E-state index is 13.2. The second-order valence-corrected chi connectivity index (χ2v) is 9.13. The Balaban J connectivity index is 1.71. The van der Waals surface area contributed by atoms with Crippen LogP contribution in [0.15, 0.2) is 42.5 Å². The predicted octanol–water partition coefficient (Wildman–Crippen LogP) is 3.20. The summed E-state index contributed by atoms with van der Waals surface area (Å²) in [7, 11) is 1.02. The average molecular weight is 557 g/mol. The van der Waals surface area contributed by atoms with E-state index in [0.29, 0.717) is 24.7 Å². The number of rotatable bonds is 11. The second-order valence-electron chi connectivity index (χ2n) is 8.69. The van der Waals surface area contributed by atoms with Crippen molar-refractivity contribution in [1.29, 1.82) is 0 Å². The summed E-state index contributed by atoms with van der Waals surface area (Å²) in [5.74, 6) is -0.732. The van der Waals surface area contributed by atoms with E-state index in [1.54, 1.807) is 13.2 Å². The first-order chi connectivity index (χ1) is 19.0. The molecule has 0 radical (unpaired) electrons. The van der Waals surface area contributed by atoms with Gasteiger partial charge in [0.1, 0.15) is 0 Å². The van der Waals surface area contributed by atoms with Crippen LogP contribution < -0.4 is 10.1 Å². The summed E-state index contributed by atoms with van der Waals surface area (Å²) in [6.45, 7) is 4.05. The molecule has 208 valence electrons. The molecule has 1 aliphatic heterocycles. The Hall–Kier alpha value is -3.65. The van der Waals surface area contributed by atoms with Crippen LogP contribution in [-0.2, 0) is 18.8 Å². The summed E-state index contributed by atoms with van der Waals surface area (Å²) in [4.78, 5) is 46.1. The van der Waals surface area contributed by atoms with Crippen molar-refractivity contribution >= 4 is 25.8 Å². The van der Waals surface area contributed by atoms with Crippen LogP contribution in [0, 0.1) is 5.63 Å². The number of amides is 3. The number of hydrogen-bond acceptors (Lipinski definition) is 8. The number of carbonyl (C=O) groups excluding carboxylic acids is 3. The number of ether oxygens (including phenoxy) is 3. The van der Waals surface area contributed by atoms with E-state index < -0.39 is 31.9 Å². The Bertz CT molecular complexity index is 1230. The molecule has 1 aromatic carbocycles. The zero-order valence-corrected chi connectivity index (χ0v) is 23.0. The van der Waals surface area contributed by atoms with Gasteiger partial charge in [0, 0.05) is 0 Å². The van der Waals surface area contributed by atoms with E-state index in [1.165, 1.54) is 15.9 Å². The standard InChI is InChI=1S/C27H33N4O7P/c1-3-4-14-38-27(34)31-12-10-30(11-13-31)26(33)24(19-39-35)29-25(32)23-18-21(37-16-15-36-2)17-22(28-23)20-8-6-5-7-9-20/h5-9,17-18,24H,3-4,10-16H2,1-2H3,(H,29,32)/t24-/m0/s1. The van der Waals surface area contributed by atoms with Gasteiger partial charge in [0.25, 0.3) is 0 Å². The third-order valence-corrected chi connectivity index (χ3v) is 6.30. The summed E-state index contributed by atoms with van der Waals surface area (Å²) >= 11 is 0. The van der Waals surface area contributed by atoms with E-state index in [-0.39, 0.29) is 38.5 Å². The predicted molar refractivity (Wildman–Crippen MR) is 144 cm³/mol. The molecule has 1 aromatic heterocycles. The number of unbranched alkanes of at least 4 members (excludes halogenated alkanes) is 1. The van der Waals surface area contributed by atoms with Gasteiger partial charge in [0.15, 0.2) is 0 Å². The molecule has 1 fully saturated rings. The van der Waals surface area contributed by atoms with Gasteiger partial charge in [-0.25, -0.2) is 0 Å². The molecule has 0 unspecified atom stereocenters. The Kier molecular flexibility index (Phi) is 12.0. The topological polar surface area (TPSA) is 127 Å². The molecule has 3 rings (SSSR count). The Morgan fingerprint density at radius 2 is 1.77 bits per heavy atom. The van der Waals surface area contributed by atoms with Crippen LogP contribution in [0.2, 0.25) is 0 Å². The minimum atomic E-state index is -1.28. The van der Waals surface area contributed by atoms with Crippen LogP contribution in [0.4, 0.5) is 4.79 Å². The molecule has 0 saturated carbocycles. The van der Waals surface area contributed by atoms with Crippen molar-refractivity contribution < 1.29 is 33.2 Å². The third kappa shape index (κ3) is 8.96. The van der Waals surface area contributed by atoms with Crippen molar-refractivity contribution in [2.45, 2.75) is 25.8 Å². The summed E-state index contributed by atoms with van der Waals surface area (Å²) in [6, 6.07) is 11.2. The van der Waals surface area contributed by atoms with Crippen molar-refractivity contribution in [3.8, 4) is 22.6 Å². The Morgan fingerprint density at radius 3 is 2.44 bits per heavy atom. The first-order valence-corrected chi connectivity index (χ1v) is 13.6. The molecule has 0 spiro atoms. The fourth-order valence-electron chi connectivity index (χ4n) is 3.80. The van der Waals surface area contributed by atoms with E-state index in [2.05, 4.69) is 15.9 Å². The summed E-state index contributed by atoms with van der Waals surface area (Å²) < 4.78 is 27.4. The molecule has 1 aliphatic rings. The van der Waals surface area contributed by atoms with Gasteiger partial charge >= 0.3 is 222 Å². The van der Waals surface area contributed by atoms with E-state index >= 15 is 0 Å². The van der Waals surface area contributed by atoms with Crippen LogP contribution in [0.1, 0.15) is 30.3 Å². The van der Waals surface area contributed by atoms with E-state index in [0.717, 1.165) is 18.4 Å². The molecule has 12 heteroatoms. The van der Waals surface area contributed by atoms with Crippen molar-refractivity contribution in [3.63, 3.8) is 0 Å². The van der Waals surface area contributed by atoms with Gasteiger partial charge in [0.2, 0.25) is 0 Å². The van der Waals surface area contributed by atoms with Crippen molar-refractivity contribution in [1.82, 2.24) is 20.1 Å². The molecular weight excluding hydrogens is 523 g/mol. The SMILES string of the molecule is CCCCOC(=O)N1CCN(C(=O)[C@H](C#P=O)NC(=O)c2cc(OCCOC)cc(-c3ccccc3)n2)CC1. The summed E-state index contributed by atoms with van der Waals surface area (Å²) in [5.41, 5.74) is 3.77. The average Bonchev–Trinajstić information content (AvgIpc) is 2.97. The monoisotopic (exact) mass is 556 g/mol. The van der Waals surface area contributed by atoms with E-state index in [9.17, 15) is 18.9 Å². The van der Waals surface area contributed by atoms with Gasteiger partial charge in [-0.15, -0.1) is 0 Å². The molecule has 1 saturated heterocycles. The molecule has 11 nitrogen and oxygen atoms in total. The number of aromatic nitrogens is 1. The number of piperazine rings is 1. The molecule has 1 atom stereocenters. The van der Waals surface area contributed by atoms with Crippen LogP contribution in [0.25, 0.3) is 11.3 Å². The summed E-state index contributed by atoms with van der Waals surface area (Å²) in [6.07, 6.45) is 1.29. The molecule has 2 heterocycles. The number of methoxy groups -OCH3 is 1. The van der Waals surface area contributed by atoms with Gasteiger partial charge in [-0.05, 0) is 0 Å². The van der Waals surface area contributed by atoms with Gasteiger partial charge in [-0.2, -0.15) is 0 Å². The van der Waals surface area contributed by atoms with Crippen molar-refractivity contribution in [2.75, 3.05) is 53.1 Å². The van der Waals surface area contributed by atoms with Gasteiger partial charge < -0.3 is 0 Å². The van der Waals surface area contributed by atoms with Crippen molar-refractivity contribution in [2.24, 2.45) is 0 Å². The number of nitrogens with one attached hydrogen (secondary N) is 1. The van der Waals surface area contributed by atoms with Crippen LogP contribution >= 0.6 is 7.92 Å². The molecule has 2 aromatic rings. The van der Waals surface area contributed by atoms with Gasteiger partial charge in [0.05, 0.1) is 0 Å². The first kappa shape index (κ1) is 29.9. The zero-order chi connectivity index (χ0) is 28.0. The number of carbonyl (C=O) groups is 3. The first-order valence-electron chi connectivity index (χ1n) is 12.7.